The van der Waals surface area contributed by atoms with Gasteiger partial charge in [-0.15, -0.1) is 0 Å². The number of halogens is 1. The largest absolute Gasteiger partial charge is 0.439 e. The Morgan fingerprint density at radius 1 is 1.40 bits per heavy atom. The van der Waals surface area contributed by atoms with Crippen LogP contribution in [0.15, 0.2) is 36.5 Å². The van der Waals surface area contributed by atoms with Gasteiger partial charge in [0.15, 0.2) is 0 Å². The standard InChI is InChI=1S/C11H10ClNO2/c1-7-8(2)15-11(14)13(7)10-5-3-9(12)4-6-10/h3-6,8H,1H2,2H3. The first-order valence-electron chi connectivity index (χ1n) is 4.54. The number of ether oxygens (including phenoxy) is 1. The molecule has 0 aliphatic carbocycles. The minimum absolute atomic E-state index is 0.270. The molecule has 1 atom stereocenters. The van der Waals surface area contributed by atoms with Crippen molar-refractivity contribution in [3.63, 3.8) is 0 Å². The summed E-state index contributed by atoms with van der Waals surface area (Å²) in [5, 5.41) is 0.630. The van der Waals surface area contributed by atoms with E-state index in [9.17, 15) is 4.79 Å². The van der Waals surface area contributed by atoms with Gasteiger partial charge in [-0.05, 0) is 31.2 Å². The predicted molar refractivity (Wildman–Crippen MR) is 59.0 cm³/mol. The maximum Gasteiger partial charge on any atom is 0.419 e. The Balaban J connectivity index is 2.35. The number of anilines is 1. The highest BCUT2D eigenvalue weighted by Gasteiger charge is 2.33. The minimum Gasteiger partial charge on any atom is -0.439 e. The van der Waals surface area contributed by atoms with E-state index in [2.05, 4.69) is 6.58 Å². The highest BCUT2D eigenvalue weighted by molar-refractivity contribution is 6.30. The van der Waals surface area contributed by atoms with Crippen LogP contribution in [0.1, 0.15) is 6.92 Å². The Morgan fingerprint density at radius 3 is 2.47 bits per heavy atom. The van der Waals surface area contributed by atoms with E-state index in [1.807, 2.05) is 0 Å². The summed E-state index contributed by atoms with van der Waals surface area (Å²) in [6.45, 7) is 5.60. The van der Waals surface area contributed by atoms with Crippen LogP contribution in [0.25, 0.3) is 0 Å². The van der Waals surface area contributed by atoms with E-state index < -0.39 is 6.09 Å². The summed E-state index contributed by atoms with van der Waals surface area (Å²) in [5.74, 6) is 0. The van der Waals surface area contributed by atoms with Crippen LogP contribution >= 0.6 is 11.6 Å². The van der Waals surface area contributed by atoms with Crippen molar-refractivity contribution in [1.82, 2.24) is 0 Å². The van der Waals surface area contributed by atoms with Crippen molar-refractivity contribution in [2.75, 3.05) is 4.90 Å². The fourth-order valence-corrected chi connectivity index (χ4v) is 1.56. The number of cyclic esters (lactones) is 1. The fourth-order valence-electron chi connectivity index (χ4n) is 1.43. The van der Waals surface area contributed by atoms with Crippen molar-refractivity contribution >= 4 is 23.4 Å². The molecule has 1 heterocycles. The summed E-state index contributed by atoms with van der Waals surface area (Å²) in [7, 11) is 0. The topological polar surface area (TPSA) is 29.5 Å². The molecule has 78 valence electrons. The lowest BCUT2D eigenvalue weighted by molar-refractivity contribution is 0.154. The second-order valence-corrected chi connectivity index (χ2v) is 3.77. The molecule has 0 aromatic heterocycles. The van der Waals surface area contributed by atoms with E-state index >= 15 is 0 Å². The quantitative estimate of drug-likeness (QED) is 0.732. The maximum absolute atomic E-state index is 11.5. The first kappa shape index (κ1) is 10.1. The van der Waals surface area contributed by atoms with E-state index in [1.54, 1.807) is 31.2 Å². The van der Waals surface area contributed by atoms with Gasteiger partial charge in [0, 0.05) is 5.02 Å². The fraction of sp³-hybridized carbons (Fsp3) is 0.182. The van der Waals surface area contributed by atoms with Gasteiger partial charge >= 0.3 is 6.09 Å². The number of hydrogen-bond donors (Lipinski definition) is 0. The summed E-state index contributed by atoms with van der Waals surface area (Å²) in [6, 6.07) is 6.96. The van der Waals surface area contributed by atoms with Crippen molar-refractivity contribution in [2.24, 2.45) is 0 Å². The Bertz CT molecular complexity index is 413. The lowest BCUT2D eigenvalue weighted by Gasteiger charge is -2.14. The number of carbonyl (C=O) groups excluding carboxylic acids is 1. The summed E-state index contributed by atoms with van der Waals surface area (Å²) < 4.78 is 5.03. The van der Waals surface area contributed by atoms with Crippen LogP contribution in [-0.4, -0.2) is 12.2 Å². The number of amides is 1. The number of carbonyl (C=O) groups is 1. The monoisotopic (exact) mass is 223 g/mol. The molecule has 1 aromatic rings. The molecular weight excluding hydrogens is 214 g/mol. The van der Waals surface area contributed by atoms with Crippen LogP contribution < -0.4 is 4.90 Å². The third-order valence-electron chi connectivity index (χ3n) is 2.30. The van der Waals surface area contributed by atoms with Gasteiger partial charge in [0.25, 0.3) is 0 Å². The van der Waals surface area contributed by atoms with Crippen LogP contribution in [0, 0.1) is 0 Å². The van der Waals surface area contributed by atoms with Gasteiger partial charge in [-0.3, -0.25) is 0 Å². The van der Waals surface area contributed by atoms with E-state index in [0.29, 0.717) is 10.7 Å². The Hall–Kier alpha value is -1.48. The third kappa shape index (κ3) is 1.70. The van der Waals surface area contributed by atoms with Crippen molar-refractivity contribution in [1.29, 1.82) is 0 Å². The predicted octanol–water partition coefficient (Wildman–Crippen LogP) is 3.20. The number of nitrogens with zero attached hydrogens (tertiary/aromatic N) is 1. The third-order valence-corrected chi connectivity index (χ3v) is 2.55. The Morgan fingerprint density at radius 2 is 2.00 bits per heavy atom. The smallest absolute Gasteiger partial charge is 0.419 e. The van der Waals surface area contributed by atoms with E-state index in [1.165, 1.54) is 4.90 Å². The average molecular weight is 224 g/mol. The molecule has 1 aliphatic rings. The molecule has 2 rings (SSSR count). The van der Waals surface area contributed by atoms with E-state index in [4.69, 9.17) is 16.3 Å². The summed E-state index contributed by atoms with van der Waals surface area (Å²) in [6.07, 6.45) is -0.664. The van der Waals surface area contributed by atoms with E-state index in [0.717, 1.165) is 5.69 Å². The van der Waals surface area contributed by atoms with Crippen LogP contribution in [0.3, 0.4) is 0 Å². The zero-order chi connectivity index (χ0) is 11.0. The van der Waals surface area contributed by atoms with Crippen LogP contribution in [0.4, 0.5) is 10.5 Å². The van der Waals surface area contributed by atoms with Gasteiger partial charge in [0.2, 0.25) is 0 Å². The van der Waals surface area contributed by atoms with Gasteiger partial charge in [-0.1, -0.05) is 18.2 Å². The van der Waals surface area contributed by atoms with Gasteiger partial charge in [0.05, 0.1) is 11.4 Å². The summed E-state index contributed by atoms with van der Waals surface area (Å²) >= 11 is 5.76. The zero-order valence-corrected chi connectivity index (χ0v) is 8.99. The first-order chi connectivity index (χ1) is 7.09. The molecule has 0 N–H and O–H groups in total. The highest BCUT2D eigenvalue weighted by atomic mass is 35.5. The number of hydrogen-bond acceptors (Lipinski definition) is 2. The lowest BCUT2D eigenvalue weighted by Crippen LogP contribution is -2.21. The molecule has 4 heteroatoms. The van der Waals surface area contributed by atoms with Gasteiger partial charge in [-0.2, -0.15) is 0 Å². The second-order valence-electron chi connectivity index (χ2n) is 3.33. The van der Waals surface area contributed by atoms with Crippen molar-refractivity contribution in [2.45, 2.75) is 13.0 Å². The molecule has 1 unspecified atom stereocenters. The second kappa shape index (κ2) is 3.59. The van der Waals surface area contributed by atoms with Crippen molar-refractivity contribution in [3.05, 3.63) is 41.6 Å². The molecule has 0 radical (unpaired) electrons. The minimum atomic E-state index is -0.394. The molecule has 0 saturated carbocycles. The van der Waals surface area contributed by atoms with E-state index in [-0.39, 0.29) is 6.10 Å². The first-order valence-corrected chi connectivity index (χ1v) is 4.92. The molecule has 0 spiro atoms. The zero-order valence-electron chi connectivity index (χ0n) is 8.24. The van der Waals surface area contributed by atoms with Gasteiger partial charge in [-0.25, -0.2) is 9.69 Å². The number of rotatable bonds is 1. The van der Waals surface area contributed by atoms with Gasteiger partial charge in [0.1, 0.15) is 6.10 Å². The molecule has 15 heavy (non-hydrogen) atoms. The van der Waals surface area contributed by atoms with Crippen LogP contribution in [0.5, 0.6) is 0 Å². The molecule has 1 amide bonds. The SMILES string of the molecule is C=C1C(C)OC(=O)N1c1ccc(Cl)cc1. The molecule has 1 aliphatic heterocycles. The van der Waals surface area contributed by atoms with Gasteiger partial charge < -0.3 is 4.74 Å². The maximum atomic E-state index is 11.5. The molecule has 1 saturated heterocycles. The summed E-state index contributed by atoms with van der Waals surface area (Å²) in [4.78, 5) is 12.9. The molecule has 3 nitrogen and oxygen atoms in total. The molecule has 1 fully saturated rings. The van der Waals surface area contributed by atoms with Crippen LogP contribution in [-0.2, 0) is 4.74 Å². The average Bonchev–Trinajstić information content (AvgIpc) is 2.44. The molecule has 1 aromatic carbocycles. The Labute approximate surface area is 92.9 Å². The highest BCUT2D eigenvalue weighted by Crippen LogP contribution is 2.29. The molecule has 0 bridgehead atoms. The van der Waals surface area contributed by atoms with Crippen molar-refractivity contribution in [3.8, 4) is 0 Å². The normalized spacial score (nSPS) is 20.7. The Kier molecular flexibility index (Phi) is 2.40. The molecular formula is C11H10ClNO2. The number of benzene rings is 1. The van der Waals surface area contributed by atoms with Crippen LogP contribution in [0.2, 0.25) is 5.02 Å². The lowest BCUT2D eigenvalue weighted by atomic mass is 10.2. The summed E-state index contributed by atoms with van der Waals surface area (Å²) in [5.41, 5.74) is 1.36. The van der Waals surface area contributed by atoms with Crippen molar-refractivity contribution < 1.29 is 9.53 Å².